The lowest BCUT2D eigenvalue weighted by Crippen LogP contribution is -1.94. The molecule has 11 heavy (non-hydrogen) atoms. The first-order valence-electron chi connectivity index (χ1n) is 3.55. The van der Waals surface area contributed by atoms with Gasteiger partial charge in [-0.05, 0) is 6.92 Å². The van der Waals surface area contributed by atoms with Crippen LogP contribution in [0, 0.1) is 0 Å². The quantitative estimate of drug-likeness (QED) is 0.666. The molecule has 62 valence electrons. The van der Waals surface area contributed by atoms with Crippen LogP contribution < -0.4 is 4.74 Å². The first-order valence-corrected chi connectivity index (χ1v) is 3.55. The highest BCUT2D eigenvalue weighted by Gasteiger charge is 2.04. The molecular formula is C8H12O3. The van der Waals surface area contributed by atoms with Crippen molar-refractivity contribution in [3.8, 4) is 5.75 Å². The van der Waals surface area contributed by atoms with Crippen LogP contribution in [0.3, 0.4) is 0 Å². The van der Waals surface area contributed by atoms with Crippen molar-refractivity contribution in [3.05, 3.63) is 18.1 Å². The topological polar surface area (TPSA) is 31.6 Å². The van der Waals surface area contributed by atoms with E-state index in [1.807, 2.05) is 6.92 Å². The minimum absolute atomic E-state index is 0.534. The standard InChI is InChI=1S/C8H12O3/c1-3-11-8-6-10-5-7(8)4-9-2/h5-6H,3-4H2,1-2H3. The Hall–Kier alpha value is -0.960. The third-order valence-corrected chi connectivity index (χ3v) is 1.30. The van der Waals surface area contributed by atoms with Crippen molar-refractivity contribution in [2.45, 2.75) is 13.5 Å². The Balaban J connectivity index is 2.62. The second-order valence-corrected chi connectivity index (χ2v) is 2.13. The molecule has 0 aliphatic rings. The molecule has 0 aliphatic carbocycles. The van der Waals surface area contributed by atoms with E-state index in [4.69, 9.17) is 13.9 Å². The molecular weight excluding hydrogens is 144 g/mol. The molecule has 0 aliphatic heterocycles. The van der Waals surface area contributed by atoms with Crippen molar-refractivity contribution in [1.82, 2.24) is 0 Å². The minimum atomic E-state index is 0.534. The first-order chi connectivity index (χ1) is 5.38. The lowest BCUT2D eigenvalue weighted by atomic mass is 10.3. The summed E-state index contributed by atoms with van der Waals surface area (Å²) in [5.41, 5.74) is 0.953. The zero-order valence-electron chi connectivity index (χ0n) is 6.79. The number of ether oxygens (including phenoxy) is 2. The Morgan fingerprint density at radius 3 is 2.91 bits per heavy atom. The molecule has 3 heteroatoms. The van der Waals surface area contributed by atoms with E-state index in [2.05, 4.69) is 0 Å². The van der Waals surface area contributed by atoms with Gasteiger partial charge in [-0.15, -0.1) is 0 Å². The van der Waals surface area contributed by atoms with Gasteiger partial charge in [0, 0.05) is 7.11 Å². The monoisotopic (exact) mass is 156 g/mol. The summed E-state index contributed by atoms with van der Waals surface area (Å²) in [7, 11) is 1.64. The van der Waals surface area contributed by atoms with Gasteiger partial charge in [0.25, 0.3) is 0 Å². The van der Waals surface area contributed by atoms with Gasteiger partial charge in [0.2, 0.25) is 0 Å². The van der Waals surface area contributed by atoms with E-state index in [1.165, 1.54) is 0 Å². The Labute approximate surface area is 65.9 Å². The maximum absolute atomic E-state index is 5.26. The predicted molar refractivity (Wildman–Crippen MR) is 40.6 cm³/mol. The van der Waals surface area contributed by atoms with Crippen LogP contribution >= 0.6 is 0 Å². The van der Waals surface area contributed by atoms with E-state index in [0.717, 1.165) is 11.3 Å². The molecule has 0 unspecified atom stereocenters. The summed E-state index contributed by atoms with van der Waals surface area (Å²) in [4.78, 5) is 0. The van der Waals surface area contributed by atoms with E-state index in [0.29, 0.717) is 13.2 Å². The zero-order chi connectivity index (χ0) is 8.10. The van der Waals surface area contributed by atoms with Crippen LogP contribution in [-0.2, 0) is 11.3 Å². The summed E-state index contributed by atoms with van der Waals surface area (Å²) < 4.78 is 15.1. The van der Waals surface area contributed by atoms with E-state index < -0.39 is 0 Å². The molecule has 1 heterocycles. The molecule has 0 fully saturated rings. The highest BCUT2D eigenvalue weighted by Crippen LogP contribution is 2.19. The SMILES string of the molecule is CCOc1cocc1COC. The van der Waals surface area contributed by atoms with Crippen LogP contribution in [-0.4, -0.2) is 13.7 Å². The fourth-order valence-electron chi connectivity index (χ4n) is 0.855. The minimum Gasteiger partial charge on any atom is -0.490 e. The Morgan fingerprint density at radius 2 is 2.27 bits per heavy atom. The van der Waals surface area contributed by atoms with Crippen LogP contribution in [0.4, 0.5) is 0 Å². The first kappa shape index (κ1) is 8.14. The highest BCUT2D eigenvalue weighted by molar-refractivity contribution is 5.26. The molecule has 0 amide bonds. The van der Waals surface area contributed by atoms with Gasteiger partial charge < -0.3 is 13.9 Å². The zero-order valence-corrected chi connectivity index (χ0v) is 6.79. The predicted octanol–water partition coefficient (Wildman–Crippen LogP) is 1.82. The van der Waals surface area contributed by atoms with E-state index in [9.17, 15) is 0 Å². The van der Waals surface area contributed by atoms with Gasteiger partial charge in [0.05, 0.1) is 25.0 Å². The number of hydrogen-bond acceptors (Lipinski definition) is 3. The smallest absolute Gasteiger partial charge is 0.162 e. The number of rotatable bonds is 4. The van der Waals surface area contributed by atoms with Gasteiger partial charge >= 0.3 is 0 Å². The molecule has 0 radical (unpaired) electrons. The van der Waals surface area contributed by atoms with Crippen LogP contribution in [0.25, 0.3) is 0 Å². The third-order valence-electron chi connectivity index (χ3n) is 1.30. The molecule has 1 aromatic rings. The number of furan rings is 1. The summed E-state index contributed by atoms with van der Waals surface area (Å²) in [6.45, 7) is 3.12. The molecule has 1 rings (SSSR count). The van der Waals surface area contributed by atoms with Crippen LogP contribution in [0.5, 0.6) is 5.75 Å². The third kappa shape index (κ3) is 1.98. The van der Waals surface area contributed by atoms with Crippen molar-refractivity contribution < 1.29 is 13.9 Å². The van der Waals surface area contributed by atoms with Crippen molar-refractivity contribution >= 4 is 0 Å². The van der Waals surface area contributed by atoms with E-state index >= 15 is 0 Å². The summed E-state index contributed by atoms with van der Waals surface area (Å²) >= 11 is 0. The van der Waals surface area contributed by atoms with Gasteiger partial charge in [-0.3, -0.25) is 0 Å². The van der Waals surface area contributed by atoms with Crippen molar-refractivity contribution in [2.75, 3.05) is 13.7 Å². The van der Waals surface area contributed by atoms with E-state index in [1.54, 1.807) is 19.6 Å². The second-order valence-electron chi connectivity index (χ2n) is 2.13. The van der Waals surface area contributed by atoms with E-state index in [-0.39, 0.29) is 0 Å². The molecule has 0 saturated carbocycles. The number of hydrogen-bond donors (Lipinski definition) is 0. The van der Waals surface area contributed by atoms with Crippen molar-refractivity contribution in [2.24, 2.45) is 0 Å². The Bertz CT molecular complexity index is 184. The largest absolute Gasteiger partial charge is 0.490 e. The molecule has 3 nitrogen and oxygen atoms in total. The average molecular weight is 156 g/mol. The normalized spacial score (nSPS) is 10.0. The lowest BCUT2D eigenvalue weighted by Gasteiger charge is -2.01. The van der Waals surface area contributed by atoms with Crippen LogP contribution in [0.15, 0.2) is 16.9 Å². The van der Waals surface area contributed by atoms with Crippen LogP contribution in [0.2, 0.25) is 0 Å². The molecule has 1 aromatic heterocycles. The molecule has 0 bridgehead atoms. The van der Waals surface area contributed by atoms with Gasteiger partial charge in [-0.2, -0.15) is 0 Å². The summed E-state index contributed by atoms with van der Waals surface area (Å²) in [5, 5.41) is 0. The summed E-state index contributed by atoms with van der Waals surface area (Å²) in [6, 6.07) is 0. The molecule has 0 spiro atoms. The fraction of sp³-hybridized carbons (Fsp3) is 0.500. The maximum atomic E-state index is 5.26. The van der Waals surface area contributed by atoms with Gasteiger partial charge in [0.1, 0.15) is 6.26 Å². The fourth-order valence-corrected chi connectivity index (χ4v) is 0.855. The van der Waals surface area contributed by atoms with Crippen LogP contribution in [0.1, 0.15) is 12.5 Å². The maximum Gasteiger partial charge on any atom is 0.162 e. The molecule has 0 aromatic carbocycles. The van der Waals surface area contributed by atoms with Crippen molar-refractivity contribution in [1.29, 1.82) is 0 Å². The Morgan fingerprint density at radius 1 is 1.45 bits per heavy atom. The van der Waals surface area contributed by atoms with Crippen molar-refractivity contribution in [3.63, 3.8) is 0 Å². The van der Waals surface area contributed by atoms with Gasteiger partial charge in [-0.1, -0.05) is 0 Å². The lowest BCUT2D eigenvalue weighted by molar-refractivity contribution is 0.180. The highest BCUT2D eigenvalue weighted by atomic mass is 16.5. The molecule has 0 atom stereocenters. The van der Waals surface area contributed by atoms with Gasteiger partial charge in [0.15, 0.2) is 5.75 Å². The average Bonchev–Trinajstić information content (AvgIpc) is 2.39. The summed E-state index contributed by atoms with van der Waals surface area (Å²) in [5.74, 6) is 0.773. The second kappa shape index (κ2) is 4.03. The van der Waals surface area contributed by atoms with Gasteiger partial charge in [-0.25, -0.2) is 0 Å². The molecule has 0 saturated heterocycles. The Kier molecular flexibility index (Phi) is 2.98. The summed E-state index contributed by atoms with van der Waals surface area (Å²) in [6.07, 6.45) is 3.21. The number of methoxy groups -OCH3 is 1. The molecule has 0 N–H and O–H groups in total.